The SMILES string of the molecule is CC(C)N(CC(N)=O)CC(O)COc1ccc(CN)cc1. The van der Waals surface area contributed by atoms with Gasteiger partial charge in [0, 0.05) is 19.1 Å². The molecule has 21 heavy (non-hydrogen) atoms. The third kappa shape index (κ3) is 6.57. The summed E-state index contributed by atoms with van der Waals surface area (Å²) in [5.41, 5.74) is 11.7. The van der Waals surface area contributed by atoms with Gasteiger partial charge >= 0.3 is 0 Å². The highest BCUT2D eigenvalue weighted by Gasteiger charge is 2.17. The lowest BCUT2D eigenvalue weighted by Gasteiger charge is -2.27. The van der Waals surface area contributed by atoms with E-state index in [1.54, 1.807) is 0 Å². The van der Waals surface area contributed by atoms with Crippen molar-refractivity contribution in [3.05, 3.63) is 29.8 Å². The Kier molecular flexibility index (Phi) is 7.14. The van der Waals surface area contributed by atoms with Gasteiger partial charge in [0.15, 0.2) is 0 Å². The van der Waals surface area contributed by atoms with E-state index in [0.717, 1.165) is 5.56 Å². The number of ether oxygens (including phenoxy) is 1. The van der Waals surface area contributed by atoms with E-state index in [4.69, 9.17) is 16.2 Å². The minimum Gasteiger partial charge on any atom is -0.491 e. The number of carbonyl (C=O) groups excluding carboxylic acids is 1. The molecule has 0 saturated carbocycles. The normalized spacial score (nSPS) is 12.7. The van der Waals surface area contributed by atoms with E-state index in [1.807, 2.05) is 43.0 Å². The predicted molar refractivity (Wildman–Crippen MR) is 81.7 cm³/mol. The topological polar surface area (TPSA) is 102 Å². The molecule has 0 aliphatic heterocycles. The molecule has 1 rings (SSSR count). The molecule has 0 aromatic heterocycles. The van der Waals surface area contributed by atoms with Gasteiger partial charge in [0.2, 0.25) is 5.91 Å². The van der Waals surface area contributed by atoms with Gasteiger partial charge in [-0.15, -0.1) is 0 Å². The summed E-state index contributed by atoms with van der Waals surface area (Å²) in [5.74, 6) is 0.270. The highest BCUT2D eigenvalue weighted by molar-refractivity contribution is 5.75. The van der Waals surface area contributed by atoms with Gasteiger partial charge in [-0.1, -0.05) is 12.1 Å². The number of benzene rings is 1. The van der Waals surface area contributed by atoms with Crippen LogP contribution < -0.4 is 16.2 Å². The second kappa shape index (κ2) is 8.61. The van der Waals surface area contributed by atoms with Crippen molar-refractivity contribution in [1.82, 2.24) is 4.90 Å². The van der Waals surface area contributed by atoms with Gasteiger partial charge in [-0.25, -0.2) is 0 Å². The average molecular weight is 295 g/mol. The molecular weight excluding hydrogens is 270 g/mol. The number of hydrogen-bond acceptors (Lipinski definition) is 5. The fourth-order valence-electron chi connectivity index (χ4n) is 1.90. The number of nitrogens with zero attached hydrogens (tertiary/aromatic N) is 1. The fraction of sp³-hybridized carbons (Fsp3) is 0.533. The van der Waals surface area contributed by atoms with Gasteiger partial charge in [0.1, 0.15) is 18.5 Å². The third-order valence-corrected chi connectivity index (χ3v) is 3.14. The van der Waals surface area contributed by atoms with Crippen molar-refractivity contribution < 1.29 is 14.6 Å². The van der Waals surface area contributed by atoms with Crippen LogP contribution >= 0.6 is 0 Å². The molecule has 0 aliphatic rings. The number of amides is 1. The van der Waals surface area contributed by atoms with Crippen LogP contribution in [0.4, 0.5) is 0 Å². The molecule has 1 atom stereocenters. The largest absolute Gasteiger partial charge is 0.491 e. The molecule has 0 spiro atoms. The van der Waals surface area contributed by atoms with Crippen molar-refractivity contribution in [1.29, 1.82) is 0 Å². The van der Waals surface area contributed by atoms with Crippen LogP contribution in [0, 0.1) is 0 Å². The van der Waals surface area contributed by atoms with Crippen LogP contribution in [0.5, 0.6) is 5.75 Å². The first-order valence-electron chi connectivity index (χ1n) is 7.04. The quantitative estimate of drug-likeness (QED) is 0.599. The molecule has 0 heterocycles. The first kappa shape index (κ1) is 17.4. The van der Waals surface area contributed by atoms with Crippen LogP contribution in [0.25, 0.3) is 0 Å². The summed E-state index contributed by atoms with van der Waals surface area (Å²) in [6.07, 6.45) is -0.694. The third-order valence-electron chi connectivity index (χ3n) is 3.14. The van der Waals surface area contributed by atoms with Crippen LogP contribution in [-0.4, -0.2) is 47.8 Å². The molecule has 1 amide bonds. The summed E-state index contributed by atoms with van der Waals surface area (Å²) in [6, 6.07) is 7.53. The zero-order valence-corrected chi connectivity index (χ0v) is 12.7. The molecule has 0 fully saturated rings. The molecule has 1 unspecified atom stereocenters. The van der Waals surface area contributed by atoms with Gasteiger partial charge in [-0.05, 0) is 31.5 Å². The summed E-state index contributed by atoms with van der Waals surface area (Å²) in [5, 5.41) is 10.0. The Hall–Kier alpha value is -1.63. The lowest BCUT2D eigenvalue weighted by atomic mass is 10.2. The van der Waals surface area contributed by atoms with Crippen molar-refractivity contribution in [2.75, 3.05) is 19.7 Å². The summed E-state index contributed by atoms with van der Waals surface area (Å²) >= 11 is 0. The molecular formula is C15H25N3O3. The first-order valence-corrected chi connectivity index (χ1v) is 7.04. The number of aliphatic hydroxyl groups is 1. The lowest BCUT2D eigenvalue weighted by molar-refractivity contribution is -0.120. The Morgan fingerprint density at radius 2 is 1.95 bits per heavy atom. The summed E-state index contributed by atoms with van der Waals surface area (Å²) in [4.78, 5) is 12.8. The Labute approximate surface area is 125 Å². The second-order valence-corrected chi connectivity index (χ2v) is 5.30. The Bertz CT molecular complexity index is 434. The van der Waals surface area contributed by atoms with E-state index in [9.17, 15) is 9.90 Å². The maximum Gasteiger partial charge on any atom is 0.231 e. The van der Waals surface area contributed by atoms with E-state index in [2.05, 4.69) is 0 Å². The highest BCUT2D eigenvalue weighted by Crippen LogP contribution is 2.12. The van der Waals surface area contributed by atoms with Crippen molar-refractivity contribution >= 4 is 5.91 Å². The van der Waals surface area contributed by atoms with E-state index < -0.39 is 12.0 Å². The van der Waals surface area contributed by atoms with Crippen LogP contribution in [0.2, 0.25) is 0 Å². The van der Waals surface area contributed by atoms with Crippen LogP contribution in [0.15, 0.2) is 24.3 Å². The van der Waals surface area contributed by atoms with Crippen molar-refractivity contribution in [2.24, 2.45) is 11.5 Å². The van der Waals surface area contributed by atoms with Crippen LogP contribution in [-0.2, 0) is 11.3 Å². The standard InChI is InChI=1S/C15H25N3O3/c1-11(2)18(9-15(17)20)8-13(19)10-21-14-5-3-12(7-16)4-6-14/h3-6,11,13,19H,7-10,16H2,1-2H3,(H2,17,20). The molecule has 6 nitrogen and oxygen atoms in total. The van der Waals surface area contributed by atoms with Gasteiger partial charge in [0.25, 0.3) is 0 Å². The molecule has 0 radical (unpaired) electrons. The summed E-state index contributed by atoms with van der Waals surface area (Å²) < 4.78 is 5.52. The Morgan fingerprint density at radius 3 is 2.43 bits per heavy atom. The van der Waals surface area contributed by atoms with Gasteiger partial charge in [0.05, 0.1) is 6.54 Å². The van der Waals surface area contributed by atoms with Crippen molar-refractivity contribution in [2.45, 2.75) is 32.5 Å². The van der Waals surface area contributed by atoms with E-state index in [0.29, 0.717) is 18.8 Å². The monoisotopic (exact) mass is 295 g/mol. The molecule has 1 aromatic rings. The average Bonchev–Trinajstić information content (AvgIpc) is 2.44. The van der Waals surface area contributed by atoms with Gasteiger partial charge in [-0.2, -0.15) is 0 Å². The number of rotatable bonds is 9. The van der Waals surface area contributed by atoms with E-state index >= 15 is 0 Å². The zero-order valence-electron chi connectivity index (χ0n) is 12.7. The smallest absolute Gasteiger partial charge is 0.231 e. The minimum atomic E-state index is -0.694. The maximum absolute atomic E-state index is 11.0. The molecule has 6 heteroatoms. The molecule has 118 valence electrons. The maximum atomic E-state index is 11.0. The summed E-state index contributed by atoms with van der Waals surface area (Å²) in [7, 11) is 0. The highest BCUT2D eigenvalue weighted by atomic mass is 16.5. The fourth-order valence-corrected chi connectivity index (χ4v) is 1.90. The van der Waals surface area contributed by atoms with Gasteiger partial charge in [-0.3, -0.25) is 9.69 Å². The number of carbonyl (C=O) groups is 1. The Balaban J connectivity index is 2.44. The molecule has 5 N–H and O–H groups in total. The molecule has 0 saturated heterocycles. The minimum absolute atomic E-state index is 0.121. The molecule has 0 aliphatic carbocycles. The number of primary amides is 1. The summed E-state index contributed by atoms with van der Waals surface area (Å²) in [6.45, 7) is 4.99. The molecule has 0 bridgehead atoms. The number of aliphatic hydroxyl groups excluding tert-OH is 1. The van der Waals surface area contributed by atoms with Crippen LogP contribution in [0.1, 0.15) is 19.4 Å². The second-order valence-electron chi connectivity index (χ2n) is 5.30. The van der Waals surface area contributed by atoms with E-state index in [1.165, 1.54) is 0 Å². The number of hydrogen-bond donors (Lipinski definition) is 3. The van der Waals surface area contributed by atoms with Gasteiger partial charge < -0.3 is 21.3 Å². The lowest BCUT2D eigenvalue weighted by Crippen LogP contribution is -2.44. The Morgan fingerprint density at radius 1 is 1.33 bits per heavy atom. The molecule has 1 aromatic carbocycles. The van der Waals surface area contributed by atoms with Crippen molar-refractivity contribution in [3.63, 3.8) is 0 Å². The van der Waals surface area contributed by atoms with E-state index in [-0.39, 0.29) is 19.2 Å². The predicted octanol–water partition coefficient (Wildman–Crippen LogP) is 0.0807. The first-order chi connectivity index (χ1) is 9.92. The number of nitrogens with two attached hydrogens (primary N) is 2. The van der Waals surface area contributed by atoms with Crippen molar-refractivity contribution in [3.8, 4) is 5.75 Å². The van der Waals surface area contributed by atoms with Crippen LogP contribution in [0.3, 0.4) is 0 Å². The zero-order chi connectivity index (χ0) is 15.8.